The van der Waals surface area contributed by atoms with Crippen molar-refractivity contribution in [2.24, 2.45) is 5.73 Å². The van der Waals surface area contributed by atoms with Gasteiger partial charge in [0.2, 0.25) is 20.4 Å². The van der Waals surface area contributed by atoms with Crippen LogP contribution in [0.1, 0.15) is 50.1 Å². The summed E-state index contributed by atoms with van der Waals surface area (Å²) in [6, 6.07) is 66.2. The molecule has 0 aliphatic carbocycles. The number of carbonyl (C=O) groups is 3. The first-order valence-corrected chi connectivity index (χ1v) is 24.5. The molecule has 1 amide bonds. The van der Waals surface area contributed by atoms with Crippen molar-refractivity contribution in [1.29, 1.82) is 0 Å². The van der Waals surface area contributed by atoms with E-state index in [-0.39, 0.29) is 57.9 Å². The minimum Gasteiger partial charge on any atom is -0.481 e. The molecule has 0 aliphatic rings. The van der Waals surface area contributed by atoms with Crippen molar-refractivity contribution in [2.75, 3.05) is 0 Å². The van der Waals surface area contributed by atoms with Crippen LogP contribution in [-0.2, 0) is 56.0 Å². The Labute approximate surface area is 440 Å². The molecule has 0 heterocycles. The highest BCUT2D eigenvalue weighted by Gasteiger charge is 2.06. The van der Waals surface area contributed by atoms with Crippen LogP contribution < -0.4 is 11.1 Å². The molecular formula is C59H61Cl3F2N2O5S. The van der Waals surface area contributed by atoms with E-state index >= 15 is 0 Å². The van der Waals surface area contributed by atoms with Crippen LogP contribution in [0.2, 0.25) is 0 Å². The summed E-state index contributed by atoms with van der Waals surface area (Å²) in [5.41, 5.74) is 16.4. The Morgan fingerprint density at radius 3 is 1.10 bits per heavy atom. The summed E-state index contributed by atoms with van der Waals surface area (Å²) in [6.07, 6.45) is 0.677. The number of hydrogen-bond donors (Lipinski definition) is 3. The number of nitrogens with two attached hydrogens (primary N) is 1. The van der Waals surface area contributed by atoms with Crippen LogP contribution in [0.5, 0.6) is 0 Å². The van der Waals surface area contributed by atoms with Gasteiger partial charge in [-0.3, -0.25) is 14.4 Å². The highest BCUT2D eigenvalue weighted by Crippen LogP contribution is 2.22. The molecule has 8 aromatic rings. The molecule has 0 saturated heterocycles. The molecule has 0 aliphatic heterocycles. The SMILES string of the molecule is C.C.C.NCc1cccc(F)c1.O=C(Cc1ccc(-c2ccccc2)cc1)NCc1cccc(F)c1.O=C(Cl)Cc1ccc(-c2ccccc2)cc1.O=C(O)Cc1ccc(-c2ccccc2)cc1.O=S(Cl)Cl. The second-order valence-corrected chi connectivity index (χ2v) is 17.8. The molecule has 13 heteroatoms. The summed E-state index contributed by atoms with van der Waals surface area (Å²) in [6.45, 7) is 0.733. The van der Waals surface area contributed by atoms with E-state index in [0.717, 1.165) is 55.6 Å². The molecule has 0 aromatic heterocycles. The van der Waals surface area contributed by atoms with Crippen LogP contribution in [0.4, 0.5) is 8.78 Å². The predicted octanol–water partition coefficient (Wildman–Crippen LogP) is 15.2. The molecule has 0 atom stereocenters. The number of aliphatic carboxylic acids is 1. The van der Waals surface area contributed by atoms with Gasteiger partial charge >= 0.3 is 5.97 Å². The lowest BCUT2D eigenvalue weighted by atomic mass is 10.0. The maximum atomic E-state index is 13.1. The first kappa shape index (κ1) is 63.2. The largest absolute Gasteiger partial charge is 0.481 e. The lowest BCUT2D eigenvalue weighted by Crippen LogP contribution is -2.24. The van der Waals surface area contributed by atoms with Gasteiger partial charge in [0, 0.05) is 40.9 Å². The topological polar surface area (TPSA) is 127 Å². The first-order valence-electron chi connectivity index (χ1n) is 21.3. The Morgan fingerprint density at radius 1 is 0.458 bits per heavy atom. The molecule has 4 N–H and O–H groups in total. The van der Waals surface area contributed by atoms with E-state index < -0.39 is 15.2 Å². The van der Waals surface area contributed by atoms with Crippen LogP contribution in [0.25, 0.3) is 33.4 Å². The van der Waals surface area contributed by atoms with E-state index in [1.807, 2.05) is 140 Å². The number of carboxylic acid groups (broad SMARTS) is 1. The minimum absolute atomic E-state index is 0. The lowest BCUT2D eigenvalue weighted by Gasteiger charge is -2.07. The number of carboxylic acids is 1. The van der Waals surface area contributed by atoms with Crippen molar-refractivity contribution in [3.05, 3.63) is 252 Å². The standard InChI is InChI=1S/C21H18FNO.C14H11ClO.C14H12O2.C7H8FN.3CH4.Cl2OS/c22-20-8-4-5-17(13-20)15-23-21(24)14-16-9-11-19(12-10-16)18-6-2-1-3-7-18;2*15-14(16)10-11-6-8-13(9-7-11)12-4-2-1-3-5-12;8-7-3-1-2-6(4-7)5-9;;;;1-4(2)3/h1-13H,14-15H2,(H,23,24);1-9H,10H2;1-9H,10H2,(H,15,16);1-4H,5,9H2;3*1H4;. The summed E-state index contributed by atoms with van der Waals surface area (Å²) in [7, 11) is 7.36. The number of nitrogens with one attached hydrogen (secondary N) is 1. The van der Waals surface area contributed by atoms with Crippen molar-refractivity contribution in [1.82, 2.24) is 5.32 Å². The van der Waals surface area contributed by atoms with Gasteiger partial charge in [0.25, 0.3) is 0 Å². The monoisotopic (exact) mass is 1050 g/mol. The Morgan fingerprint density at radius 2 is 0.778 bits per heavy atom. The number of rotatable bonds is 12. The Balaban J connectivity index is 0.000000481. The maximum Gasteiger partial charge on any atom is 0.307 e. The minimum atomic E-state index is -1.67. The van der Waals surface area contributed by atoms with Gasteiger partial charge < -0.3 is 16.2 Å². The smallest absolute Gasteiger partial charge is 0.307 e. The molecule has 0 spiro atoms. The molecule has 0 fully saturated rings. The second kappa shape index (κ2) is 35.3. The third-order valence-corrected chi connectivity index (χ3v) is 9.88. The average molecular weight is 1050 g/mol. The van der Waals surface area contributed by atoms with E-state index in [1.165, 1.54) is 29.8 Å². The average Bonchev–Trinajstić information content (AvgIpc) is 3.35. The molecular weight excluding hydrogens is 993 g/mol. The van der Waals surface area contributed by atoms with E-state index in [0.29, 0.717) is 19.5 Å². The summed E-state index contributed by atoms with van der Waals surface area (Å²) in [5.74, 6) is -1.39. The van der Waals surface area contributed by atoms with Crippen molar-refractivity contribution >= 4 is 59.3 Å². The zero-order valence-electron chi connectivity index (χ0n) is 37.2. The van der Waals surface area contributed by atoms with Crippen LogP contribution in [-0.4, -0.2) is 26.4 Å². The van der Waals surface area contributed by atoms with E-state index in [4.69, 9.17) is 26.7 Å². The van der Waals surface area contributed by atoms with Crippen LogP contribution >= 0.6 is 33.0 Å². The molecule has 0 unspecified atom stereocenters. The maximum absolute atomic E-state index is 13.1. The molecule has 0 bridgehead atoms. The molecule has 72 heavy (non-hydrogen) atoms. The molecule has 8 rings (SSSR count). The highest BCUT2D eigenvalue weighted by atomic mass is 36.0. The van der Waals surface area contributed by atoms with Gasteiger partial charge in [-0.1, -0.05) is 210 Å². The summed E-state index contributed by atoms with van der Waals surface area (Å²) >= 11 is 5.33. The fourth-order valence-corrected chi connectivity index (χ4v) is 6.59. The quantitative estimate of drug-likeness (QED) is 0.105. The van der Waals surface area contributed by atoms with Gasteiger partial charge in [0.15, 0.2) is 0 Å². The van der Waals surface area contributed by atoms with Crippen molar-refractivity contribution in [2.45, 2.75) is 54.6 Å². The van der Waals surface area contributed by atoms with Gasteiger partial charge in [-0.05, 0) is 97.1 Å². The Kier molecular flexibility index (Phi) is 31.0. The molecule has 7 nitrogen and oxygen atoms in total. The van der Waals surface area contributed by atoms with Gasteiger partial charge in [-0.15, -0.1) is 0 Å². The van der Waals surface area contributed by atoms with Crippen molar-refractivity contribution in [3.8, 4) is 33.4 Å². The summed E-state index contributed by atoms with van der Waals surface area (Å²) in [4.78, 5) is 33.3. The van der Waals surface area contributed by atoms with Crippen LogP contribution in [0, 0.1) is 11.6 Å². The number of hydrogen-bond acceptors (Lipinski definition) is 5. The predicted molar refractivity (Wildman–Crippen MR) is 298 cm³/mol. The Hall–Kier alpha value is -6.79. The number of amides is 1. The zero-order valence-corrected chi connectivity index (χ0v) is 40.3. The molecule has 0 saturated carbocycles. The zero-order chi connectivity index (χ0) is 49.8. The fourth-order valence-electron chi connectivity index (χ4n) is 6.43. The van der Waals surface area contributed by atoms with Gasteiger partial charge in [-0.2, -0.15) is 0 Å². The van der Waals surface area contributed by atoms with Gasteiger partial charge in [0.05, 0.1) is 12.8 Å². The van der Waals surface area contributed by atoms with E-state index in [2.05, 4.69) is 50.9 Å². The van der Waals surface area contributed by atoms with Crippen molar-refractivity contribution in [3.63, 3.8) is 0 Å². The van der Waals surface area contributed by atoms with E-state index in [1.54, 1.807) is 24.3 Å². The number of benzene rings is 8. The van der Waals surface area contributed by atoms with Gasteiger partial charge in [-0.25, -0.2) is 13.0 Å². The van der Waals surface area contributed by atoms with Crippen LogP contribution in [0.15, 0.2) is 212 Å². The number of carbonyl (C=O) groups excluding carboxylic acids is 2. The van der Waals surface area contributed by atoms with Crippen molar-refractivity contribution < 1.29 is 32.5 Å². The molecule has 378 valence electrons. The van der Waals surface area contributed by atoms with Gasteiger partial charge in [0.1, 0.15) is 11.6 Å². The second-order valence-electron chi connectivity index (χ2n) is 14.9. The summed E-state index contributed by atoms with van der Waals surface area (Å²) in [5, 5.41) is 11.1. The highest BCUT2D eigenvalue weighted by molar-refractivity contribution is 8.26. The lowest BCUT2D eigenvalue weighted by molar-refractivity contribution is -0.136. The fraction of sp³-hybridized carbons (Fsp3) is 0.136. The summed E-state index contributed by atoms with van der Waals surface area (Å²) < 4.78 is 34.5. The molecule has 8 aromatic carbocycles. The number of halogens is 5. The third-order valence-electron chi connectivity index (χ3n) is 9.75. The van der Waals surface area contributed by atoms with Crippen LogP contribution in [0.3, 0.4) is 0 Å². The first-order chi connectivity index (χ1) is 33.3. The Bertz CT molecular complexity index is 2710. The van der Waals surface area contributed by atoms with E-state index in [9.17, 15) is 23.2 Å². The molecule has 0 radical (unpaired) electrons. The normalized spacial score (nSPS) is 9.60. The third kappa shape index (κ3) is 25.4.